The van der Waals surface area contributed by atoms with E-state index in [4.69, 9.17) is 4.42 Å². The molecule has 5 nitrogen and oxygen atoms in total. The molecule has 0 aliphatic rings. The van der Waals surface area contributed by atoms with Crippen LogP contribution in [0.15, 0.2) is 57.7 Å². The second-order valence-corrected chi connectivity index (χ2v) is 6.94. The molecule has 0 saturated heterocycles. The molecule has 0 saturated carbocycles. The smallest absolute Gasteiger partial charge is 0.287 e. The monoisotopic (exact) mass is 378 g/mol. The molecule has 0 fully saturated rings. The molecule has 0 spiro atoms. The third-order valence-electron chi connectivity index (χ3n) is 4.88. The van der Waals surface area contributed by atoms with Crippen LogP contribution in [0.1, 0.15) is 41.1 Å². The Morgan fingerprint density at radius 2 is 1.68 bits per heavy atom. The molecule has 5 heteroatoms. The van der Waals surface area contributed by atoms with Crippen molar-refractivity contribution in [2.45, 2.75) is 33.9 Å². The highest BCUT2D eigenvalue weighted by atomic mass is 16.3. The highest BCUT2D eigenvalue weighted by Crippen LogP contribution is 2.14. The lowest BCUT2D eigenvalue weighted by molar-refractivity contribution is 0.0923. The van der Waals surface area contributed by atoms with E-state index >= 15 is 0 Å². The summed E-state index contributed by atoms with van der Waals surface area (Å²) in [6, 6.07) is 14.8. The Morgan fingerprint density at radius 3 is 2.36 bits per heavy atom. The fourth-order valence-corrected chi connectivity index (χ4v) is 3.12. The maximum absolute atomic E-state index is 12.4. The largest absolute Gasteiger partial charge is 0.451 e. The van der Waals surface area contributed by atoms with Crippen LogP contribution >= 0.6 is 0 Å². The number of benzene rings is 2. The summed E-state index contributed by atoms with van der Waals surface area (Å²) in [6.45, 7) is 9.54. The second-order valence-electron chi connectivity index (χ2n) is 6.94. The number of aryl methyl sites for hydroxylation is 1. The zero-order valence-corrected chi connectivity index (χ0v) is 16.6. The van der Waals surface area contributed by atoms with Gasteiger partial charge < -0.3 is 9.73 Å². The third-order valence-corrected chi connectivity index (χ3v) is 4.88. The molecule has 0 unspecified atom stereocenters. The summed E-state index contributed by atoms with van der Waals surface area (Å²) in [7, 11) is 0. The molecule has 0 bridgehead atoms. The number of hydrogen-bond donors (Lipinski definition) is 1. The van der Waals surface area contributed by atoms with Gasteiger partial charge in [0.15, 0.2) is 11.2 Å². The van der Waals surface area contributed by atoms with E-state index in [1.54, 1.807) is 12.1 Å². The van der Waals surface area contributed by atoms with E-state index in [9.17, 15) is 9.59 Å². The predicted molar refractivity (Wildman–Crippen MR) is 111 cm³/mol. The zero-order valence-electron chi connectivity index (χ0n) is 16.6. The standard InChI is InChI=1S/C23H26N2O3/c1-4-25(5-2)15-18-9-7-17(8-10-18)14-24-23(27)22-13-20(26)19-12-16(3)6-11-21(19)28-22/h6-13H,4-5,14-15H2,1-3H3,(H,24,27). The van der Waals surface area contributed by atoms with Gasteiger partial charge in [-0.25, -0.2) is 0 Å². The molecule has 1 heterocycles. The zero-order chi connectivity index (χ0) is 20.1. The lowest BCUT2D eigenvalue weighted by atomic mass is 10.1. The number of amides is 1. The predicted octanol–water partition coefficient (Wildman–Crippen LogP) is 3.87. The van der Waals surface area contributed by atoms with Crippen molar-refractivity contribution in [3.63, 3.8) is 0 Å². The first-order valence-corrected chi connectivity index (χ1v) is 9.63. The van der Waals surface area contributed by atoms with Crippen molar-refractivity contribution in [3.05, 3.63) is 81.2 Å². The van der Waals surface area contributed by atoms with Crippen LogP contribution in [0.4, 0.5) is 0 Å². The number of nitrogens with one attached hydrogen (secondary N) is 1. The molecule has 28 heavy (non-hydrogen) atoms. The molecule has 1 N–H and O–H groups in total. The van der Waals surface area contributed by atoms with Gasteiger partial charge in [-0.05, 0) is 43.3 Å². The summed E-state index contributed by atoms with van der Waals surface area (Å²) in [4.78, 5) is 27.0. The molecule has 0 aliphatic carbocycles. The lowest BCUT2D eigenvalue weighted by Crippen LogP contribution is -2.24. The van der Waals surface area contributed by atoms with Crippen molar-refractivity contribution in [2.75, 3.05) is 13.1 Å². The van der Waals surface area contributed by atoms with E-state index in [-0.39, 0.29) is 11.2 Å². The van der Waals surface area contributed by atoms with Crippen LogP contribution in [0, 0.1) is 6.92 Å². The van der Waals surface area contributed by atoms with Crippen LogP contribution in [0.5, 0.6) is 0 Å². The number of nitrogens with zero attached hydrogens (tertiary/aromatic N) is 1. The van der Waals surface area contributed by atoms with Crippen molar-refractivity contribution in [1.82, 2.24) is 10.2 Å². The highest BCUT2D eigenvalue weighted by molar-refractivity contribution is 5.93. The second kappa shape index (κ2) is 8.85. The summed E-state index contributed by atoms with van der Waals surface area (Å²) < 4.78 is 5.62. The van der Waals surface area contributed by atoms with Gasteiger partial charge in [0.05, 0.1) is 5.39 Å². The Morgan fingerprint density at radius 1 is 1.00 bits per heavy atom. The summed E-state index contributed by atoms with van der Waals surface area (Å²) >= 11 is 0. The summed E-state index contributed by atoms with van der Waals surface area (Å²) in [5, 5.41) is 3.31. The van der Waals surface area contributed by atoms with Crippen molar-refractivity contribution < 1.29 is 9.21 Å². The minimum Gasteiger partial charge on any atom is -0.451 e. The van der Waals surface area contributed by atoms with Gasteiger partial charge in [0, 0.05) is 19.2 Å². The number of carbonyl (C=O) groups excluding carboxylic acids is 1. The maximum atomic E-state index is 12.4. The van der Waals surface area contributed by atoms with E-state index in [1.165, 1.54) is 11.6 Å². The van der Waals surface area contributed by atoms with Crippen LogP contribution in [0.25, 0.3) is 11.0 Å². The van der Waals surface area contributed by atoms with Crippen molar-refractivity contribution in [2.24, 2.45) is 0 Å². The Balaban J connectivity index is 1.66. The molecule has 146 valence electrons. The molecular weight excluding hydrogens is 352 g/mol. The molecule has 1 amide bonds. The van der Waals surface area contributed by atoms with Gasteiger partial charge in [0.2, 0.25) is 0 Å². The molecular formula is C23H26N2O3. The minimum atomic E-state index is -0.396. The van der Waals surface area contributed by atoms with E-state index in [1.807, 2.05) is 25.1 Å². The van der Waals surface area contributed by atoms with Gasteiger partial charge in [-0.3, -0.25) is 14.5 Å². The van der Waals surface area contributed by atoms with Crippen molar-refractivity contribution >= 4 is 16.9 Å². The Hall–Kier alpha value is -2.92. The van der Waals surface area contributed by atoms with Gasteiger partial charge in [0.25, 0.3) is 5.91 Å². The SMILES string of the molecule is CCN(CC)Cc1ccc(CNC(=O)c2cc(=O)c3cc(C)ccc3o2)cc1. The van der Waals surface area contributed by atoms with Gasteiger partial charge in [-0.2, -0.15) is 0 Å². The molecule has 0 atom stereocenters. The van der Waals surface area contributed by atoms with E-state index in [2.05, 4.69) is 36.2 Å². The Labute approximate surface area is 165 Å². The minimum absolute atomic E-state index is 0.0273. The number of carbonyl (C=O) groups is 1. The first kappa shape index (κ1) is 19.8. The fourth-order valence-electron chi connectivity index (χ4n) is 3.12. The fraction of sp³-hybridized carbons (Fsp3) is 0.304. The normalized spacial score (nSPS) is 11.1. The first-order valence-electron chi connectivity index (χ1n) is 9.63. The van der Waals surface area contributed by atoms with Crippen LogP contribution in [0.2, 0.25) is 0 Å². The number of fused-ring (bicyclic) bond motifs is 1. The molecule has 1 aromatic heterocycles. The summed E-state index contributed by atoms with van der Waals surface area (Å²) in [5.41, 5.74) is 3.42. The van der Waals surface area contributed by atoms with Crippen LogP contribution < -0.4 is 10.7 Å². The molecule has 0 aliphatic heterocycles. The topological polar surface area (TPSA) is 62.6 Å². The summed E-state index contributed by atoms with van der Waals surface area (Å²) in [6.07, 6.45) is 0. The van der Waals surface area contributed by atoms with E-state index in [0.29, 0.717) is 17.5 Å². The van der Waals surface area contributed by atoms with Crippen molar-refractivity contribution in [1.29, 1.82) is 0 Å². The third kappa shape index (κ3) is 4.67. The van der Waals surface area contributed by atoms with Gasteiger partial charge in [-0.1, -0.05) is 49.7 Å². The lowest BCUT2D eigenvalue weighted by Gasteiger charge is -2.18. The highest BCUT2D eigenvalue weighted by Gasteiger charge is 2.12. The van der Waals surface area contributed by atoms with Crippen LogP contribution in [-0.4, -0.2) is 23.9 Å². The van der Waals surface area contributed by atoms with Crippen molar-refractivity contribution in [3.8, 4) is 0 Å². The van der Waals surface area contributed by atoms with Crippen LogP contribution in [-0.2, 0) is 13.1 Å². The molecule has 0 radical (unpaired) electrons. The first-order chi connectivity index (χ1) is 13.5. The number of hydrogen-bond acceptors (Lipinski definition) is 4. The summed E-state index contributed by atoms with van der Waals surface area (Å²) in [5.74, 6) is -0.369. The molecule has 3 aromatic rings. The molecule has 3 rings (SSSR count). The molecule has 2 aromatic carbocycles. The van der Waals surface area contributed by atoms with E-state index < -0.39 is 5.91 Å². The van der Waals surface area contributed by atoms with Gasteiger partial charge >= 0.3 is 0 Å². The van der Waals surface area contributed by atoms with Gasteiger partial charge in [0.1, 0.15) is 5.58 Å². The average molecular weight is 378 g/mol. The Kier molecular flexibility index (Phi) is 6.26. The number of rotatable bonds is 7. The van der Waals surface area contributed by atoms with E-state index in [0.717, 1.165) is 30.8 Å². The maximum Gasteiger partial charge on any atom is 0.287 e. The average Bonchev–Trinajstić information content (AvgIpc) is 2.71. The quantitative estimate of drug-likeness (QED) is 0.678. The van der Waals surface area contributed by atoms with Gasteiger partial charge in [-0.15, -0.1) is 0 Å². The Bertz CT molecular complexity index is 1020. The van der Waals surface area contributed by atoms with Crippen LogP contribution in [0.3, 0.4) is 0 Å².